The van der Waals surface area contributed by atoms with Gasteiger partial charge < -0.3 is 16.0 Å². The number of hydrogen-bond acceptors (Lipinski definition) is 3. The van der Waals surface area contributed by atoms with Crippen molar-refractivity contribution in [3.8, 4) is 0 Å². The lowest BCUT2D eigenvalue weighted by Crippen LogP contribution is -2.37. The summed E-state index contributed by atoms with van der Waals surface area (Å²) in [6.45, 7) is 0.950. The molecule has 6 heteroatoms. The van der Waals surface area contributed by atoms with Crippen molar-refractivity contribution in [2.75, 3.05) is 17.2 Å². The van der Waals surface area contributed by atoms with Gasteiger partial charge in [0, 0.05) is 24.3 Å². The number of fused-ring (bicyclic) bond motifs is 1. The Morgan fingerprint density at radius 2 is 2.16 bits per heavy atom. The summed E-state index contributed by atoms with van der Waals surface area (Å²) in [5.41, 5.74) is 3.16. The van der Waals surface area contributed by atoms with Crippen LogP contribution in [0.25, 0.3) is 0 Å². The van der Waals surface area contributed by atoms with Gasteiger partial charge in [-0.15, -0.1) is 12.4 Å². The summed E-state index contributed by atoms with van der Waals surface area (Å²) in [6, 6.07) is 5.46. The molecule has 19 heavy (non-hydrogen) atoms. The van der Waals surface area contributed by atoms with Gasteiger partial charge in [0.1, 0.15) is 6.04 Å². The molecule has 0 radical (unpaired) electrons. The number of halogens is 1. The highest BCUT2D eigenvalue weighted by atomic mass is 35.5. The molecule has 5 nitrogen and oxygen atoms in total. The van der Waals surface area contributed by atoms with E-state index in [0.717, 1.165) is 24.3 Å². The third-order valence-electron chi connectivity index (χ3n) is 3.39. The van der Waals surface area contributed by atoms with Gasteiger partial charge in [0.2, 0.25) is 11.8 Å². The summed E-state index contributed by atoms with van der Waals surface area (Å²) < 4.78 is 0. The van der Waals surface area contributed by atoms with Crippen molar-refractivity contribution in [1.82, 2.24) is 5.32 Å². The first-order valence-corrected chi connectivity index (χ1v) is 6.19. The second kappa shape index (κ2) is 5.48. The van der Waals surface area contributed by atoms with Crippen LogP contribution in [0.4, 0.5) is 11.4 Å². The molecule has 1 aromatic carbocycles. The van der Waals surface area contributed by atoms with Crippen LogP contribution in [0.5, 0.6) is 0 Å². The van der Waals surface area contributed by atoms with Gasteiger partial charge in [-0.05, 0) is 36.6 Å². The van der Waals surface area contributed by atoms with Gasteiger partial charge in [-0.3, -0.25) is 9.59 Å². The molecule has 1 atom stereocenters. The van der Waals surface area contributed by atoms with E-state index >= 15 is 0 Å². The Bertz CT molecular complexity index is 519. The van der Waals surface area contributed by atoms with Crippen LogP contribution in [0.15, 0.2) is 18.2 Å². The molecule has 102 valence electrons. The van der Waals surface area contributed by atoms with Gasteiger partial charge in [0.25, 0.3) is 0 Å². The predicted octanol–water partition coefficient (Wildman–Crippen LogP) is 1.29. The number of amides is 2. The number of hydrogen-bond donors (Lipinski definition) is 3. The minimum Gasteiger partial charge on any atom is -0.384 e. The maximum absolute atomic E-state index is 11.9. The molecule has 1 aromatic rings. The molecule has 2 aliphatic heterocycles. The lowest BCUT2D eigenvalue weighted by Gasteiger charge is -2.11. The predicted molar refractivity (Wildman–Crippen MR) is 75.7 cm³/mol. The number of carbonyl (C=O) groups is 2. The Morgan fingerprint density at radius 1 is 1.32 bits per heavy atom. The summed E-state index contributed by atoms with van der Waals surface area (Å²) >= 11 is 0. The van der Waals surface area contributed by atoms with Crippen LogP contribution in [-0.2, 0) is 16.0 Å². The lowest BCUT2D eigenvalue weighted by atomic mass is 10.1. The highest BCUT2D eigenvalue weighted by Gasteiger charge is 2.27. The smallest absolute Gasteiger partial charge is 0.246 e. The summed E-state index contributed by atoms with van der Waals surface area (Å²) in [7, 11) is 0. The first-order chi connectivity index (χ1) is 8.72. The summed E-state index contributed by atoms with van der Waals surface area (Å²) in [5.74, 6) is -0.181. The van der Waals surface area contributed by atoms with E-state index in [1.807, 2.05) is 18.2 Å². The van der Waals surface area contributed by atoms with E-state index in [-0.39, 0.29) is 30.3 Å². The zero-order chi connectivity index (χ0) is 12.5. The average molecular weight is 282 g/mol. The van der Waals surface area contributed by atoms with Crippen molar-refractivity contribution >= 4 is 35.6 Å². The number of carbonyl (C=O) groups excluding carboxylic acids is 2. The van der Waals surface area contributed by atoms with Crippen LogP contribution in [0, 0.1) is 0 Å². The SMILES string of the molecule is Cl.O=C1CC[C@@H](C(=O)Nc2ccc3c(c2)CCN3)N1. The molecule has 2 aliphatic rings. The fraction of sp³-hybridized carbons (Fsp3) is 0.385. The fourth-order valence-electron chi connectivity index (χ4n) is 2.42. The molecule has 2 amide bonds. The normalized spacial score (nSPS) is 20.0. The Morgan fingerprint density at radius 3 is 2.89 bits per heavy atom. The molecular formula is C13H16ClN3O2. The molecule has 0 aromatic heterocycles. The number of rotatable bonds is 2. The molecule has 0 spiro atoms. The second-order valence-corrected chi connectivity index (χ2v) is 4.70. The summed E-state index contributed by atoms with van der Waals surface area (Å²) in [5, 5.41) is 8.79. The van der Waals surface area contributed by atoms with Gasteiger partial charge in [-0.1, -0.05) is 0 Å². The Balaban J connectivity index is 0.00000133. The molecule has 3 N–H and O–H groups in total. The standard InChI is InChI=1S/C13H15N3O2.ClH/c17-12-4-3-11(16-12)13(18)15-9-1-2-10-8(7-9)5-6-14-10;/h1-2,7,11,14H,3-6H2,(H,15,18)(H,16,17);1H/t11-;/m0./s1. The molecule has 0 unspecified atom stereocenters. The topological polar surface area (TPSA) is 70.2 Å². The average Bonchev–Trinajstić information content (AvgIpc) is 2.96. The van der Waals surface area contributed by atoms with E-state index in [2.05, 4.69) is 16.0 Å². The zero-order valence-corrected chi connectivity index (χ0v) is 11.2. The highest BCUT2D eigenvalue weighted by molar-refractivity contribution is 5.99. The first-order valence-electron chi connectivity index (χ1n) is 6.19. The van der Waals surface area contributed by atoms with E-state index in [4.69, 9.17) is 0 Å². The largest absolute Gasteiger partial charge is 0.384 e. The van der Waals surface area contributed by atoms with Crippen molar-refractivity contribution in [2.24, 2.45) is 0 Å². The lowest BCUT2D eigenvalue weighted by molar-refractivity contribution is -0.122. The van der Waals surface area contributed by atoms with Gasteiger partial charge in [0.15, 0.2) is 0 Å². The molecule has 1 saturated heterocycles. The molecule has 2 heterocycles. The van der Waals surface area contributed by atoms with Crippen LogP contribution in [0.2, 0.25) is 0 Å². The zero-order valence-electron chi connectivity index (χ0n) is 10.4. The Kier molecular flexibility index (Phi) is 3.95. The van der Waals surface area contributed by atoms with E-state index in [0.29, 0.717) is 12.8 Å². The number of benzene rings is 1. The fourth-order valence-corrected chi connectivity index (χ4v) is 2.42. The molecule has 0 aliphatic carbocycles. The monoisotopic (exact) mass is 281 g/mol. The van der Waals surface area contributed by atoms with Gasteiger partial charge in [-0.2, -0.15) is 0 Å². The number of nitrogens with one attached hydrogen (secondary N) is 3. The summed E-state index contributed by atoms with van der Waals surface area (Å²) in [4.78, 5) is 23.0. The first kappa shape index (κ1) is 13.7. The van der Waals surface area contributed by atoms with E-state index in [1.165, 1.54) is 5.56 Å². The van der Waals surface area contributed by atoms with Crippen molar-refractivity contribution in [3.63, 3.8) is 0 Å². The second-order valence-electron chi connectivity index (χ2n) is 4.70. The van der Waals surface area contributed by atoms with Crippen LogP contribution in [0.3, 0.4) is 0 Å². The molecule has 3 rings (SSSR count). The molecule has 1 fully saturated rings. The Labute approximate surface area is 117 Å². The molecular weight excluding hydrogens is 266 g/mol. The van der Waals surface area contributed by atoms with Crippen molar-refractivity contribution in [1.29, 1.82) is 0 Å². The van der Waals surface area contributed by atoms with Crippen LogP contribution < -0.4 is 16.0 Å². The van der Waals surface area contributed by atoms with Gasteiger partial charge in [0.05, 0.1) is 0 Å². The molecule has 0 saturated carbocycles. The number of anilines is 2. The van der Waals surface area contributed by atoms with E-state index in [1.54, 1.807) is 0 Å². The maximum Gasteiger partial charge on any atom is 0.246 e. The third-order valence-corrected chi connectivity index (χ3v) is 3.39. The maximum atomic E-state index is 11.9. The third kappa shape index (κ3) is 2.81. The van der Waals surface area contributed by atoms with E-state index in [9.17, 15) is 9.59 Å². The minimum absolute atomic E-state index is 0. The quantitative estimate of drug-likeness (QED) is 0.765. The Hall–Kier alpha value is -1.75. The molecule has 0 bridgehead atoms. The minimum atomic E-state index is -0.385. The summed E-state index contributed by atoms with van der Waals surface area (Å²) in [6.07, 6.45) is 2.00. The van der Waals surface area contributed by atoms with E-state index < -0.39 is 0 Å². The van der Waals surface area contributed by atoms with Crippen LogP contribution >= 0.6 is 12.4 Å². The van der Waals surface area contributed by atoms with Crippen molar-refractivity contribution in [3.05, 3.63) is 23.8 Å². The highest BCUT2D eigenvalue weighted by Crippen LogP contribution is 2.25. The van der Waals surface area contributed by atoms with Crippen molar-refractivity contribution in [2.45, 2.75) is 25.3 Å². The van der Waals surface area contributed by atoms with Crippen molar-refractivity contribution < 1.29 is 9.59 Å². The van der Waals surface area contributed by atoms with Gasteiger partial charge >= 0.3 is 0 Å². The van der Waals surface area contributed by atoms with Crippen LogP contribution in [-0.4, -0.2) is 24.4 Å². The van der Waals surface area contributed by atoms with Gasteiger partial charge in [-0.25, -0.2) is 0 Å². The van der Waals surface area contributed by atoms with Crippen LogP contribution in [0.1, 0.15) is 18.4 Å².